The molecule has 2 fully saturated rings. The minimum atomic E-state index is -0.256. The van der Waals surface area contributed by atoms with Gasteiger partial charge in [0.15, 0.2) is 0 Å². The molecule has 2 aliphatic rings. The van der Waals surface area contributed by atoms with Crippen LogP contribution in [0.5, 0.6) is 0 Å². The van der Waals surface area contributed by atoms with Crippen molar-refractivity contribution in [2.45, 2.75) is 25.3 Å². The van der Waals surface area contributed by atoms with Crippen LogP contribution >= 0.6 is 15.9 Å². The van der Waals surface area contributed by atoms with Crippen molar-refractivity contribution in [2.75, 3.05) is 24.5 Å². The SMILES string of the molecule is O=C(NC1CCCNC1)C1CC(=O)N(c2cccc(Br)c2)C1. The quantitative estimate of drug-likeness (QED) is 0.856. The van der Waals surface area contributed by atoms with Crippen LogP contribution in [0, 0.1) is 5.92 Å². The Morgan fingerprint density at radius 3 is 3.00 bits per heavy atom. The Balaban J connectivity index is 1.62. The predicted octanol–water partition coefficient (Wildman–Crippen LogP) is 1.67. The van der Waals surface area contributed by atoms with E-state index in [0.717, 1.165) is 36.1 Å². The zero-order chi connectivity index (χ0) is 15.5. The Morgan fingerprint density at radius 2 is 2.27 bits per heavy atom. The maximum atomic E-state index is 12.4. The summed E-state index contributed by atoms with van der Waals surface area (Å²) >= 11 is 3.41. The normalized spacial score (nSPS) is 25.3. The molecule has 2 unspecified atom stereocenters. The van der Waals surface area contributed by atoms with E-state index in [1.165, 1.54) is 0 Å². The highest BCUT2D eigenvalue weighted by Gasteiger charge is 2.35. The highest BCUT2D eigenvalue weighted by Crippen LogP contribution is 2.27. The summed E-state index contributed by atoms with van der Waals surface area (Å²) in [6.07, 6.45) is 2.38. The molecule has 0 saturated carbocycles. The summed E-state index contributed by atoms with van der Waals surface area (Å²) in [6.45, 7) is 2.30. The van der Waals surface area contributed by atoms with Crippen LogP contribution in [0.1, 0.15) is 19.3 Å². The van der Waals surface area contributed by atoms with Gasteiger partial charge in [-0.1, -0.05) is 22.0 Å². The van der Waals surface area contributed by atoms with Crippen LogP contribution < -0.4 is 15.5 Å². The van der Waals surface area contributed by atoms with Gasteiger partial charge >= 0.3 is 0 Å². The Morgan fingerprint density at radius 1 is 1.41 bits per heavy atom. The molecule has 1 aromatic rings. The molecule has 2 atom stereocenters. The molecule has 3 rings (SSSR count). The summed E-state index contributed by atoms with van der Waals surface area (Å²) in [7, 11) is 0. The van der Waals surface area contributed by atoms with Gasteiger partial charge in [0.1, 0.15) is 0 Å². The summed E-state index contributed by atoms with van der Waals surface area (Å²) < 4.78 is 0.930. The first-order chi connectivity index (χ1) is 10.6. The highest BCUT2D eigenvalue weighted by molar-refractivity contribution is 9.10. The van der Waals surface area contributed by atoms with Crippen molar-refractivity contribution < 1.29 is 9.59 Å². The fraction of sp³-hybridized carbons (Fsp3) is 0.500. The molecule has 0 aromatic heterocycles. The molecule has 0 spiro atoms. The van der Waals surface area contributed by atoms with E-state index in [1.54, 1.807) is 4.90 Å². The number of nitrogens with zero attached hydrogens (tertiary/aromatic N) is 1. The van der Waals surface area contributed by atoms with Crippen molar-refractivity contribution in [3.8, 4) is 0 Å². The second-order valence-electron chi connectivity index (χ2n) is 5.94. The van der Waals surface area contributed by atoms with Crippen LogP contribution in [0.25, 0.3) is 0 Å². The van der Waals surface area contributed by atoms with Crippen molar-refractivity contribution in [2.24, 2.45) is 5.92 Å². The van der Waals surface area contributed by atoms with E-state index < -0.39 is 0 Å². The van der Waals surface area contributed by atoms with E-state index in [2.05, 4.69) is 26.6 Å². The Labute approximate surface area is 138 Å². The van der Waals surface area contributed by atoms with E-state index in [4.69, 9.17) is 0 Å². The molecule has 6 heteroatoms. The number of carbonyl (C=O) groups excluding carboxylic acids is 2. The molecule has 0 bridgehead atoms. The molecular formula is C16H20BrN3O2. The molecule has 22 heavy (non-hydrogen) atoms. The molecular weight excluding hydrogens is 346 g/mol. The van der Waals surface area contributed by atoms with Crippen LogP contribution in [0.3, 0.4) is 0 Å². The van der Waals surface area contributed by atoms with E-state index in [0.29, 0.717) is 13.0 Å². The topological polar surface area (TPSA) is 61.4 Å². The Kier molecular flexibility index (Phi) is 4.78. The number of benzene rings is 1. The van der Waals surface area contributed by atoms with Gasteiger partial charge in [-0.05, 0) is 37.6 Å². The smallest absolute Gasteiger partial charge is 0.227 e. The van der Waals surface area contributed by atoms with Gasteiger partial charge in [0.25, 0.3) is 0 Å². The van der Waals surface area contributed by atoms with E-state index in [1.807, 2.05) is 24.3 Å². The summed E-state index contributed by atoms with van der Waals surface area (Å²) in [5, 5.41) is 6.36. The maximum absolute atomic E-state index is 12.4. The van der Waals surface area contributed by atoms with Crippen LogP contribution in [0.15, 0.2) is 28.7 Å². The third-order valence-corrected chi connectivity index (χ3v) is 4.75. The number of carbonyl (C=O) groups is 2. The first-order valence-electron chi connectivity index (χ1n) is 7.70. The van der Waals surface area contributed by atoms with Crippen LogP contribution in [-0.2, 0) is 9.59 Å². The van der Waals surface area contributed by atoms with E-state index >= 15 is 0 Å². The summed E-state index contributed by atoms with van der Waals surface area (Å²) in [5.74, 6) is -0.243. The number of rotatable bonds is 3. The summed E-state index contributed by atoms with van der Waals surface area (Å²) in [5.41, 5.74) is 0.842. The minimum absolute atomic E-state index is 0.000420. The maximum Gasteiger partial charge on any atom is 0.227 e. The van der Waals surface area contributed by atoms with Crippen molar-refractivity contribution >= 4 is 33.4 Å². The molecule has 2 heterocycles. The number of amides is 2. The molecule has 2 aliphatic heterocycles. The monoisotopic (exact) mass is 365 g/mol. The number of nitrogens with one attached hydrogen (secondary N) is 2. The standard InChI is InChI=1S/C16H20BrN3O2/c17-12-3-1-5-14(8-12)20-10-11(7-15(20)21)16(22)19-13-4-2-6-18-9-13/h1,3,5,8,11,13,18H,2,4,6-7,9-10H2,(H,19,22). The highest BCUT2D eigenvalue weighted by atomic mass is 79.9. The first-order valence-corrected chi connectivity index (χ1v) is 8.50. The molecule has 2 saturated heterocycles. The lowest BCUT2D eigenvalue weighted by Crippen LogP contribution is -2.47. The number of hydrogen-bond acceptors (Lipinski definition) is 3. The average molecular weight is 366 g/mol. The second-order valence-corrected chi connectivity index (χ2v) is 6.85. The largest absolute Gasteiger partial charge is 0.352 e. The number of hydrogen-bond donors (Lipinski definition) is 2. The fourth-order valence-electron chi connectivity index (χ4n) is 3.07. The van der Waals surface area contributed by atoms with Crippen molar-refractivity contribution in [3.63, 3.8) is 0 Å². The number of piperidine rings is 1. The van der Waals surface area contributed by atoms with Crippen molar-refractivity contribution in [3.05, 3.63) is 28.7 Å². The molecule has 2 amide bonds. The van der Waals surface area contributed by atoms with Crippen LogP contribution in [-0.4, -0.2) is 37.5 Å². The van der Waals surface area contributed by atoms with Gasteiger partial charge in [-0.15, -0.1) is 0 Å². The van der Waals surface area contributed by atoms with E-state index in [9.17, 15) is 9.59 Å². The lowest BCUT2D eigenvalue weighted by molar-refractivity contribution is -0.127. The molecule has 5 nitrogen and oxygen atoms in total. The zero-order valence-corrected chi connectivity index (χ0v) is 13.9. The first kappa shape index (κ1) is 15.5. The number of halogens is 1. The molecule has 0 aliphatic carbocycles. The third kappa shape index (κ3) is 3.50. The van der Waals surface area contributed by atoms with E-state index in [-0.39, 0.29) is 23.8 Å². The van der Waals surface area contributed by atoms with Crippen molar-refractivity contribution in [1.82, 2.24) is 10.6 Å². The van der Waals surface area contributed by atoms with Gasteiger partial charge < -0.3 is 15.5 Å². The average Bonchev–Trinajstić information content (AvgIpc) is 2.90. The third-order valence-electron chi connectivity index (χ3n) is 4.26. The molecule has 118 valence electrons. The lowest BCUT2D eigenvalue weighted by Gasteiger charge is -2.25. The lowest BCUT2D eigenvalue weighted by atomic mass is 10.0. The predicted molar refractivity (Wildman–Crippen MR) is 88.6 cm³/mol. The van der Waals surface area contributed by atoms with Gasteiger partial charge in [-0.3, -0.25) is 9.59 Å². The molecule has 2 N–H and O–H groups in total. The van der Waals surface area contributed by atoms with Gasteiger partial charge in [-0.25, -0.2) is 0 Å². The Bertz CT molecular complexity index is 572. The van der Waals surface area contributed by atoms with Crippen LogP contribution in [0.4, 0.5) is 5.69 Å². The number of anilines is 1. The Hall–Kier alpha value is -1.40. The fourth-order valence-corrected chi connectivity index (χ4v) is 3.46. The van der Waals surface area contributed by atoms with Gasteiger partial charge in [0, 0.05) is 35.7 Å². The summed E-state index contributed by atoms with van der Waals surface area (Å²) in [4.78, 5) is 26.3. The summed E-state index contributed by atoms with van der Waals surface area (Å²) in [6, 6.07) is 7.81. The van der Waals surface area contributed by atoms with Gasteiger partial charge in [0.2, 0.25) is 11.8 Å². The molecule has 0 radical (unpaired) electrons. The zero-order valence-electron chi connectivity index (χ0n) is 12.3. The molecule has 1 aromatic carbocycles. The van der Waals surface area contributed by atoms with Gasteiger partial charge in [-0.2, -0.15) is 0 Å². The van der Waals surface area contributed by atoms with Gasteiger partial charge in [0.05, 0.1) is 5.92 Å². The second kappa shape index (κ2) is 6.79. The van der Waals surface area contributed by atoms with Crippen molar-refractivity contribution in [1.29, 1.82) is 0 Å². The minimum Gasteiger partial charge on any atom is -0.352 e. The van der Waals surface area contributed by atoms with Crippen LogP contribution in [0.2, 0.25) is 0 Å².